The van der Waals surface area contributed by atoms with Crippen molar-refractivity contribution < 1.29 is 9.90 Å². The van der Waals surface area contributed by atoms with Crippen molar-refractivity contribution in [1.82, 2.24) is 4.90 Å². The molecule has 1 unspecified atom stereocenters. The average Bonchev–Trinajstić information content (AvgIpc) is 2.32. The van der Waals surface area contributed by atoms with Gasteiger partial charge in [0.2, 0.25) is 5.91 Å². The van der Waals surface area contributed by atoms with Gasteiger partial charge < -0.3 is 10.8 Å². The summed E-state index contributed by atoms with van der Waals surface area (Å²) in [6.45, 7) is 4.30. The number of likely N-dealkylation sites (tertiary alicyclic amines) is 1. The second-order valence-corrected chi connectivity index (χ2v) is 6.62. The van der Waals surface area contributed by atoms with E-state index in [0.29, 0.717) is 13.0 Å². The third kappa shape index (κ3) is 4.04. The van der Waals surface area contributed by atoms with Crippen molar-refractivity contribution >= 4 is 21.8 Å². The van der Waals surface area contributed by atoms with Gasteiger partial charge in [0.1, 0.15) is 0 Å². The molecular weight excluding hydrogens is 320 g/mol. The minimum absolute atomic E-state index is 0.0445. The molecule has 110 valence electrons. The Morgan fingerprint density at radius 1 is 1.55 bits per heavy atom. The van der Waals surface area contributed by atoms with Crippen molar-refractivity contribution in [3.05, 3.63) is 33.8 Å². The Kier molecular flexibility index (Phi) is 4.83. The van der Waals surface area contributed by atoms with Crippen LogP contribution in [0.25, 0.3) is 0 Å². The number of nitrogens with zero attached hydrogens (tertiary/aromatic N) is 1. The van der Waals surface area contributed by atoms with Gasteiger partial charge in [0.15, 0.2) is 0 Å². The molecule has 0 spiro atoms. The monoisotopic (exact) mass is 340 g/mol. The molecule has 1 saturated heterocycles. The summed E-state index contributed by atoms with van der Waals surface area (Å²) >= 11 is 3.49. The van der Waals surface area contributed by atoms with E-state index in [2.05, 4.69) is 39.9 Å². The second kappa shape index (κ2) is 6.24. The lowest BCUT2D eigenvalue weighted by molar-refractivity contribution is -0.125. The van der Waals surface area contributed by atoms with Gasteiger partial charge in [-0.3, -0.25) is 9.69 Å². The van der Waals surface area contributed by atoms with Crippen LogP contribution in [0.15, 0.2) is 22.7 Å². The fourth-order valence-corrected chi connectivity index (χ4v) is 3.12. The molecule has 0 radical (unpaired) electrons. The number of halogens is 1. The molecule has 20 heavy (non-hydrogen) atoms. The van der Waals surface area contributed by atoms with Gasteiger partial charge in [0.05, 0.1) is 12.0 Å². The number of hydrogen-bond acceptors (Lipinski definition) is 3. The fraction of sp³-hybridized carbons (Fsp3) is 0.533. The summed E-state index contributed by atoms with van der Waals surface area (Å²) in [6, 6.07) is 6.27. The molecule has 1 heterocycles. The number of carbonyl (C=O) groups is 1. The van der Waals surface area contributed by atoms with E-state index in [1.165, 1.54) is 11.1 Å². The lowest BCUT2D eigenvalue weighted by Gasteiger charge is -2.38. The van der Waals surface area contributed by atoms with Crippen LogP contribution in [-0.2, 0) is 11.3 Å². The first-order valence-electron chi connectivity index (χ1n) is 6.86. The van der Waals surface area contributed by atoms with Gasteiger partial charge in [-0.25, -0.2) is 0 Å². The van der Waals surface area contributed by atoms with Gasteiger partial charge >= 0.3 is 0 Å². The number of benzene rings is 1. The highest BCUT2D eigenvalue weighted by atomic mass is 79.9. The molecule has 1 aliphatic heterocycles. The number of primary amides is 1. The van der Waals surface area contributed by atoms with Gasteiger partial charge in [0, 0.05) is 17.6 Å². The SMILES string of the molecule is Cc1cc(CN2CCCC(O)(CC(N)=O)C2)ccc1Br. The van der Waals surface area contributed by atoms with Crippen LogP contribution in [-0.4, -0.2) is 34.6 Å². The first-order valence-corrected chi connectivity index (χ1v) is 7.65. The summed E-state index contributed by atoms with van der Waals surface area (Å²) in [5.41, 5.74) is 6.67. The number of carbonyl (C=O) groups excluding carboxylic acids is 1. The van der Waals surface area contributed by atoms with Crippen LogP contribution < -0.4 is 5.73 Å². The Morgan fingerprint density at radius 3 is 2.95 bits per heavy atom. The van der Waals surface area contributed by atoms with Crippen molar-refractivity contribution in [2.75, 3.05) is 13.1 Å². The predicted molar refractivity (Wildman–Crippen MR) is 82.2 cm³/mol. The Morgan fingerprint density at radius 2 is 2.30 bits per heavy atom. The molecule has 1 aromatic rings. The Balaban J connectivity index is 2.02. The third-order valence-electron chi connectivity index (χ3n) is 3.77. The quantitative estimate of drug-likeness (QED) is 0.880. The van der Waals surface area contributed by atoms with Crippen molar-refractivity contribution in [2.24, 2.45) is 5.73 Å². The summed E-state index contributed by atoms with van der Waals surface area (Å²) in [7, 11) is 0. The molecule has 4 nitrogen and oxygen atoms in total. The molecule has 0 saturated carbocycles. The Labute approximate surface area is 128 Å². The molecule has 1 fully saturated rings. The number of nitrogens with two attached hydrogens (primary N) is 1. The third-order valence-corrected chi connectivity index (χ3v) is 4.66. The van der Waals surface area contributed by atoms with Gasteiger partial charge in [-0.1, -0.05) is 28.1 Å². The maximum Gasteiger partial charge on any atom is 0.220 e. The minimum atomic E-state index is -0.964. The van der Waals surface area contributed by atoms with Crippen molar-refractivity contribution in [3.8, 4) is 0 Å². The number of piperidine rings is 1. The van der Waals surface area contributed by atoms with E-state index in [9.17, 15) is 9.90 Å². The van der Waals surface area contributed by atoms with E-state index in [1.807, 2.05) is 6.07 Å². The van der Waals surface area contributed by atoms with Gasteiger partial charge in [-0.15, -0.1) is 0 Å². The molecule has 0 bridgehead atoms. The smallest absolute Gasteiger partial charge is 0.220 e. The molecule has 0 aromatic heterocycles. The zero-order chi connectivity index (χ0) is 14.8. The summed E-state index contributed by atoms with van der Waals surface area (Å²) in [4.78, 5) is 13.2. The highest BCUT2D eigenvalue weighted by molar-refractivity contribution is 9.10. The van der Waals surface area contributed by atoms with Crippen LogP contribution >= 0.6 is 15.9 Å². The fourth-order valence-electron chi connectivity index (χ4n) is 2.87. The maximum absolute atomic E-state index is 11.1. The van der Waals surface area contributed by atoms with Crippen LogP contribution in [0.1, 0.15) is 30.4 Å². The normalized spacial score (nSPS) is 23.8. The summed E-state index contributed by atoms with van der Waals surface area (Å²) < 4.78 is 1.10. The summed E-state index contributed by atoms with van der Waals surface area (Å²) in [5, 5.41) is 10.4. The molecule has 1 amide bonds. The summed E-state index contributed by atoms with van der Waals surface area (Å²) in [5.74, 6) is -0.436. The molecule has 3 N–H and O–H groups in total. The highest BCUT2D eigenvalue weighted by Gasteiger charge is 2.34. The minimum Gasteiger partial charge on any atom is -0.388 e. The first-order chi connectivity index (χ1) is 9.38. The van der Waals surface area contributed by atoms with Crippen LogP contribution in [0.5, 0.6) is 0 Å². The lowest BCUT2D eigenvalue weighted by Crippen LogP contribution is -2.49. The van der Waals surface area contributed by atoms with Crippen LogP contribution in [0.2, 0.25) is 0 Å². The maximum atomic E-state index is 11.1. The zero-order valence-electron chi connectivity index (χ0n) is 11.7. The van der Waals surface area contributed by atoms with Crippen molar-refractivity contribution in [2.45, 2.75) is 38.3 Å². The number of hydrogen-bond donors (Lipinski definition) is 2. The zero-order valence-corrected chi connectivity index (χ0v) is 13.3. The number of aryl methyl sites for hydroxylation is 1. The van der Waals surface area contributed by atoms with Gasteiger partial charge in [0.25, 0.3) is 0 Å². The van der Waals surface area contributed by atoms with E-state index in [4.69, 9.17) is 5.73 Å². The lowest BCUT2D eigenvalue weighted by atomic mass is 9.89. The molecule has 1 aliphatic rings. The molecule has 1 aromatic carbocycles. The topological polar surface area (TPSA) is 66.6 Å². The number of rotatable bonds is 4. The van der Waals surface area contributed by atoms with Crippen LogP contribution in [0.4, 0.5) is 0 Å². The van der Waals surface area contributed by atoms with Crippen LogP contribution in [0, 0.1) is 6.92 Å². The molecule has 1 atom stereocenters. The average molecular weight is 341 g/mol. The second-order valence-electron chi connectivity index (χ2n) is 5.77. The largest absolute Gasteiger partial charge is 0.388 e. The van der Waals surface area contributed by atoms with Gasteiger partial charge in [-0.05, 0) is 43.5 Å². The number of β-amino-alcohol motifs (C(OH)–C–C–N with tert-alkyl or cyclic N) is 1. The first kappa shape index (κ1) is 15.5. The van der Waals surface area contributed by atoms with Crippen molar-refractivity contribution in [3.63, 3.8) is 0 Å². The van der Waals surface area contributed by atoms with Gasteiger partial charge in [-0.2, -0.15) is 0 Å². The molecule has 2 rings (SSSR count). The van der Waals surface area contributed by atoms with E-state index in [1.54, 1.807) is 0 Å². The van der Waals surface area contributed by atoms with E-state index in [0.717, 1.165) is 24.0 Å². The van der Waals surface area contributed by atoms with E-state index < -0.39 is 11.5 Å². The molecular formula is C15H21BrN2O2. The summed E-state index contributed by atoms with van der Waals surface area (Å²) in [6.07, 6.45) is 1.58. The van der Waals surface area contributed by atoms with Crippen molar-refractivity contribution in [1.29, 1.82) is 0 Å². The standard InChI is InChI=1S/C15H21BrN2O2/c1-11-7-12(3-4-13(11)16)9-18-6-2-5-15(20,10-18)8-14(17)19/h3-4,7,20H,2,5-6,8-10H2,1H3,(H2,17,19). The van der Waals surface area contributed by atoms with Crippen LogP contribution in [0.3, 0.4) is 0 Å². The van der Waals surface area contributed by atoms with E-state index in [-0.39, 0.29) is 6.42 Å². The number of amides is 1. The molecule has 5 heteroatoms. The highest BCUT2D eigenvalue weighted by Crippen LogP contribution is 2.26. The molecule has 0 aliphatic carbocycles. The predicted octanol–water partition coefficient (Wildman–Crippen LogP) is 1.96. The van der Waals surface area contributed by atoms with E-state index >= 15 is 0 Å². The Hall–Kier alpha value is -0.910. The number of aliphatic hydroxyl groups is 1. The Bertz CT molecular complexity index is 507.